The summed E-state index contributed by atoms with van der Waals surface area (Å²) in [5.74, 6) is 0.971. The Morgan fingerprint density at radius 3 is 3.14 bits per heavy atom. The Hall–Kier alpha value is -0.810. The van der Waals surface area contributed by atoms with E-state index in [9.17, 15) is 0 Å². The Labute approximate surface area is 91.5 Å². The van der Waals surface area contributed by atoms with Gasteiger partial charge in [-0.3, -0.25) is 5.01 Å². The summed E-state index contributed by atoms with van der Waals surface area (Å²) in [5, 5.41) is 5.75. The highest BCUT2D eigenvalue weighted by Gasteiger charge is 2.22. The van der Waals surface area contributed by atoms with Gasteiger partial charge in [-0.1, -0.05) is 0 Å². The normalized spacial score (nSPS) is 15.3. The van der Waals surface area contributed by atoms with Crippen LogP contribution >= 0.6 is 23.1 Å². The van der Waals surface area contributed by atoms with Crippen molar-refractivity contribution >= 4 is 35.5 Å². The summed E-state index contributed by atoms with van der Waals surface area (Å²) < 4.78 is 0. The van der Waals surface area contributed by atoms with Crippen LogP contribution < -0.4 is 0 Å². The molecule has 0 fully saturated rings. The van der Waals surface area contributed by atoms with E-state index in [1.54, 1.807) is 11.3 Å². The molecule has 0 aliphatic carbocycles. The lowest BCUT2D eigenvalue weighted by Crippen LogP contribution is -2.12. The molecule has 0 unspecified atom stereocenters. The van der Waals surface area contributed by atoms with Crippen molar-refractivity contribution in [3.05, 3.63) is 21.0 Å². The van der Waals surface area contributed by atoms with E-state index in [0.717, 1.165) is 17.1 Å². The largest absolute Gasteiger partial charge is 0.267 e. The van der Waals surface area contributed by atoms with E-state index in [-0.39, 0.29) is 0 Å². The molecule has 2 heterocycles. The second kappa shape index (κ2) is 3.74. The molecular formula is C9H11N3S2. The predicted octanol–water partition coefficient (Wildman–Crippen LogP) is 2.63. The van der Waals surface area contributed by atoms with Crippen molar-refractivity contribution in [2.45, 2.75) is 12.7 Å². The van der Waals surface area contributed by atoms with E-state index < -0.39 is 0 Å². The lowest BCUT2D eigenvalue weighted by molar-refractivity contribution is 0.520. The molecule has 0 N–H and O–H groups in total. The summed E-state index contributed by atoms with van der Waals surface area (Å²) in [7, 11) is 1.92. The molecule has 1 aliphatic heterocycles. The SMILES string of the molecule is C=NN(C)C1=C(C)SCc2ncsc21. The highest BCUT2D eigenvalue weighted by atomic mass is 32.2. The molecular weight excluding hydrogens is 214 g/mol. The van der Waals surface area contributed by atoms with Crippen molar-refractivity contribution in [1.29, 1.82) is 0 Å². The summed E-state index contributed by atoms with van der Waals surface area (Å²) >= 11 is 3.48. The third-order valence-electron chi connectivity index (χ3n) is 2.15. The highest BCUT2D eigenvalue weighted by molar-refractivity contribution is 8.02. The van der Waals surface area contributed by atoms with Gasteiger partial charge in [0.05, 0.1) is 21.8 Å². The van der Waals surface area contributed by atoms with Gasteiger partial charge in [0.2, 0.25) is 0 Å². The number of thioether (sulfide) groups is 1. The van der Waals surface area contributed by atoms with E-state index in [4.69, 9.17) is 0 Å². The van der Waals surface area contributed by atoms with Crippen molar-refractivity contribution in [3.63, 3.8) is 0 Å². The molecule has 1 aliphatic rings. The minimum absolute atomic E-state index is 0.971. The van der Waals surface area contributed by atoms with E-state index in [1.165, 1.54) is 9.78 Å². The van der Waals surface area contributed by atoms with E-state index in [0.29, 0.717) is 0 Å². The quantitative estimate of drug-likeness (QED) is 0.572. The maximum Gasteiger partial charge on any atom is 0.0874 e. The van der Waals surface area contributed by atoms with Gasteiger partial charge in [0, 0.05) is 24.4 Å². The van der Waals surface area contributed by atoms with Crippen LogP contribution in [0.2, 0.25) is 0 Å². The fraction of sp³-hybridized carbons (Fsp3) is 0.333. The number of nitrogens with zero attached hydrogens (tertiary/aromatic N) is 3. The molecule has 0 saturated heterocycles. The third kappa shape index (κ3) is 1.46. The summed E-state index contributed by atoms with van der Waals surface area (Å²) in [5.41, 5.74) is 4.20. The predicted molar refractivity (Wildman–Crippen MR) is 63.3 cm³/mol. The molecule has 5 heteroatoms. The number of fused-ring (bicyclic) bond motifs is 1. The van der Waals surface area contributed by atoms with E-state index in [2.05, 4.69) is 23.7 Å². The van der Waals surface area contributed by atoms with Crippen LogP contribution in [0.1, 0.15) is 17.5 Å². The molecule has 0 spiro atoms. The zero-order valence-electron chi connectivity index (χ0n) is 8.15. The molecule has 0 aromatic carbocycles. The second-order valence-corrected chi connectivity index (χ2v) is 5.03. The fourth-order valence-corrected chi connectivity index (χ4v) is 3.46. The summed E-state index contributed by atoms with van der Waals surface area (Å²) in [6, 6.07) is 0. The molecule has 74 valence electrons. The maximum atomic E-state index is 4.33. The van der Waals surface area contributed by atoms with Crippen LogP contribution in [0.25, 0.3) is 5.70 Å². The van der Waals surface area contributed by atoms with E-state index in [1.807, 2.05) is 29.3 Å². The average Bonchev–Trinajstić information content (AvgIpc) is 2.64. The van der Waals surface area contributed by atoms with Crippen LogP contribution in [0.5, 0.6) is 0 Å². The minimum Gasteiger partial charge on any atom is -0.267 e. The van der Waals surface area contributed by atoms with Gasteiger partial charge in [-0.2, -0.15) is 5.10 Å². The van der Waals surface area contributed by atoms with Crippen molar-refractivity contribution in [2.24, 2.45) is 5.10 Å². The molecule has 14 heavy (non-hydrogen) atoms. The Morgan fingerprint density at radius 1 is 1.64 bits per heavy atom. The summed E-state index contributed by atoms with van der Waals surface area (Å²) in [6.45, 7) is 5.66. The maximum absolute atomic E-state index is 4.33. The number of aromatic nitrogens is 1. The number of thiazole rings is 1. The van der Waals surface area contributed by atoms with Crippen molar-refractivity contribution < 1.29 is 0 Å². The van der Waals surface area contributed by atoms with Gasteiger partial charge in [-0.25, -0.2) is 4.98 Å². The lowest BCUT2D eigenvalue weighted by atomic mass is 10.3. The topological polar surface area (TPSA) is 28.5 Å². The molecule has 0 atom stereocenters. The van der Waals surface area contributed by atoms with Crippen LogP contribution in [0, 0.1) is 0 Å². The van der Waals surface area contributed by atoms with Gasteiger partial charge < -0.3 is 0 Å². The van der Waals surface area contributed by atoms with Crippen LogP contribution in [0.4, 0.5) is 0 Å². The third-order valence-corrected chi connectivity index (χ3v) is 4.07. The number of rotatable bonds is 2. The number of hydrazone groups is 1. The van der Waals surface area contributed by atoms with Gasteiger partial charge in [-0.05, 0) is 6.92 Å². The van der Waals surface area contributed by atoms with Gasteiger partial charge in [0.25, 0.3) is 0 Å². The monoisotopic (exact) mass is 225 g/mol. The van der Waals surface area contributed by atoms with Crippen LogP contribution in [0.3, 0.4) is 0 Å². The Kier molecular flexibility index (Phi) is 2.60. The number of hydrogen-bond acceptors (Lipinski definition) is 5. The molecule has 0 radical (unpaired) electrons. The molecule has 1 aromatic heterocycles. The number of hydrogen-bond donors (Lipinski definition) is 0. The zero-order chi connectivity index (χ0) is 10.1. The van der Waals surface area contributed by atoms with Crippen molar-refractivity contribution in [3.8, 4) is 0 Å². The zero-order valence-corrected chi connectivity index (χ0v) is 9.78. The van der Waals surface area contributed by atoms with Gasteiger partial charge >= 0.3 is 0 Å². The molecule has 3 nitrogen and oxygen atoms in total. The van der Waals surface area contributed by atoms with Crippen LogP contribution in [-0.4, -0.2) is 23.8 Å². The molecule has 0 bridgehead atoms. The second-order valence-electron chi connectivity index (χ2n) is 2.99. The molecule has 1 aromatic rings. The van der Waals surface area contributed by atoms with Crippen LogP contribution in [-0.2, 0) is 5.75 Å². The molecule has 0 amide bonds. The van der Waals surface area contributed by atoms with Gasteiger partial charge in [-0.15, -0.1) is 23.1 Å². The first-order valence-electron chi connectivity index (χ1n) is 4.21. The first-order valence-corrected chi connectivity index (χ1v) is 6.07. The van der Waals surface area contributed by atoms with Crippen LogP contribution in [0.15, 0.2) is 15.5 Å². The average molecular weight is 225 g/mol. The van der Waals surface area contributed by atoms with Crippen molar-refractivity contribution in [1.82, 2.24) is 9.99 Å². The fourth-order valence-electron chi connectivity index (χ4n) is 1.42. The van der Waals surface area contributed by atoms with E-state index >= 15 is 0 Å². The van der Waals surface area contributed by atoms with Gasteiger partial charge in [0.1, 0.15) is 0 Å². The highest BCUT2D eigenvalue weighted by Crippen LogP contribution is 2.40. The smallest absolute Gasteiger partial charge is 0.0874 e. The minimum atomic E-state index is 0.971. The Bertz CT molecular complexity index is 395. The van der Waals surface area contributed by atoms with Gasteiger partial charge in [0.15, 0.2) is 0 Å². The lowest BCUT2D eigenvalue weighted by Gasteiger charge is -2.22. The first kappa shape index (κ1) is 9.73. The summed E-state index contributed by atoms with van der Waals surface area (Å²) in [6.07, 6.45) is 0. The first-order chi connectivity index (χ1) is 6.74. The standard InChI is InChI=1S/C9H11N3S2/c1-6-8(12(3)10-2)9-7(4-13-6)11-5-14-9/h5H,2,4H2,1,3H3. The Balaban J connectivity index is 2.51. The Morgan fingerprint density at radius 2 is 2.43 bits per heavy atom. The van der Waals surface area contributed by atoms with Crippen molar-refractivity contribution in [2.75, 3.05) is 7.05 Å². The summed E-state index contributed by atoms with van der Waals surface area (Å²) in [4.78, 5) is 6.85. The molecule has 2 rings (SSSR count). The molecule has 0 saturated carbocycles. The number of allylic oxidation sites excluding steroid dienone is 1.